The Balaban J connectivity index is 1.86. The zero-order chi connectivity index (χ0) is 20.3. The first-order valence-corrected chi connectivity index (χ1v) is 9.93. The summed E-state index contributed by atoms with van der Waals surface area (Å²) in [5.41, 5.74) is 1.35. The second kappa shape index (κ2) is 7.74. The molecule has 0 aliphatic heterocycles. The van der Waals surface area contributed by atoms with Crippen LogP contribution in [0.3, 0.4) is 0 Å². The zero-order valence-electron chi connectivity index (χ0n) is 15.0. The summed E-state index contributed by atoms with van der Waals surface area (Å²) in [6.45, 7) is 1.81. The van der Waals surface area contributed by atoms with Crippen LogP contribution in [0.15, 0.2) is 69.3 Å². The molecular weight excluding hydrogens is 380 g/mol. The quantitative estimate of drug-likeness (QED) is 0.649. The van der Waals surface area contributed by atoms with Gasteiger partial charge >= 0.3 is 5.97 Å². The fourth-order valence-corrected chi connectivity index (χ4v) is 3.71. The fourth-order valence-electron chi connectivity index (χ4n) is 2.66. The van der Waals surface area contributed by atoms with Crippen LogP contribution in [0.25, 0.3) is 17.4 Å². The molecule has 0 atom stereocenters. The molecule has 0 spiro atoms. The molecule has 144 valence electrons. The monoisotopic (exact) mass is 398 g/mol. The molecule has 0 saturated carbocycles. The maximum Gasteiger partial charge on any atom is 0.307 e. The number of rotatable bonds is 6. The molecule has 6 nitrogen and oxygen atoms in total. The van der Waals surface area contributed by atoms with Gasteiger partial charge in [-0.15, -0.1) is 0 Å². The predicted molar refractivity (Wildman–Crippen MR) is 105 cm³/mol. The highest BCUT2D eigenvalue weighted by Gasteiger charge is 2.13. The molecule has 0 radical (unpaired) electrons. The minimum Gasteiger partial charge on any atom is -0.508 e. The third-order valence-corrected chi connectivity index (χ3v) is 5.48. The average molecular weight is 398 g/mol. The third-order valence-electron chi connectivity index (χ3n) is 4.08. The molecule has 3 aromatic rings. The Bertz CT molecular complexity index is 1160. The molecule has 0 amide bonds. The van der Waals surface area contributed by atoms with Crippen LogP contribution in [-0.2, 0) is 21.1 Å². The van der Waals surface area contributed by atoms with Gasteiger partial charge in [0.1, 0.15) is 17.3 Å². The van der Waals surface area contributed by atoms with Crippen molar-refractivity contribution in [2.24, 2.45) is 0 Å². The van der Waals surface area contributed by atoms with Crippen molar-refractivity contribution < 1.29 is 27.8 Å². The van der Waals surface area contributed by atoms with Crippen molar-refractivity contribution in [2.45, 2.75) is 18.2 Å². The lowest BCUT2D eigenvalue weighted by atomic mass is 10.1. The standard InChI is InChI=1S/C21H18O6S/c1-14-5-8-20(27-14)17-3-2-4-18(12-17)28(25,26)10-9-15-6-7-16(13-21(23)24)19(22)11-15/h2-12,22H,13H2,1H3,(H,23,24)/b10-9+. The Morgan fingerprint density at radius 2 is 1.89 bits per heavy atom. The third kappa shape index (κ3) is 4.50. The average Bonchev–Trinajstić information content (AvgIpc) is 3.08. The minimum absolute atomic E-state index is 0.113. The topological polar surface area (TPSA) is 105 Å². The first-order valence-electron chi connectivity index (χ1n) is 8.38. The van der Waals surface area contributed by atoms with Crippen molar-refractivity contribution in [3.63, 3.8) is 0 Å². The number of aliphatic carboxylic acids is 1. The summed E-state index contributed by atoms with van der Waals surface area (Å²) in [5.74, 6) is 0.0525. The number of phenols is 1. The first-order chi connectivity index (χ1) is 13.2. The number of phenolic OH excluding ortho intramolecular Hbond substituents is 1. The fraction of sp³-hybridized carbons (Fsp3) is 0.0952. The van der Waals surface area contributed by atoms with Gasteiger partial charge in [0.25, 0.3) is 0 Å². The summed E-state index contributed by atoms with van der Waals surface area (Å²) in [6, 6.07) is 14.3. The van der Waals surface area contributed by atoms with Crippen molar-refractivity contribution in [1.82, 2.24) is 0 Å². The SMILES string of the molecule is Cc1ccc(-c2cccc(S(=O)(=O)/C=C/c3ccc(CC(=O)O)c(O)c3)c2)o1. The van der Waals surface area contributed by atoms with E-state index >= 15 is 0 Å². The van der Waals surface area contributed by atoms with Gasteiger partial charge < -0.3 is 14.6 Å². The van der Waals surface area contributed by atoms with E-state index in [1.54, 1.807) is 30.3 Å². The smallest absolute Gasteiger partial charge is 0.307 e. The van der Waals surface area contributed by atoms with E-state index in [4.69, 9.17) is 9.52 Å². The summed E-state index contributed by atoms with van der Waals surface area (Å²) < 4.78 is 30.8. The summed E-state index contributed by atoms with van der Waals surface area (Å²) >= 11 is 0. The van der Waals surface area contributed by atoms with Crippen LogP contribution in [0.1, 0.15) is 16.9 Å². The van der Waals surface area contributed by atoms with Crippen molar-refractivity contribution in [3.05, 3.63) is 76.9 Å². The summed E-state index contributed by atoms with van der Waals surface area (Å²) in [6.07, 6.45) is 1.04. The lowest BCUT2D eigenvalue weighted by Crippen LogP contribution is -2.00. The van der Waals surface area contributed by atoms with E-state index in [1.165, 1.54) is 30.3 Å². The predicted octanol–water partition coefficient (Wildman–Crippen LogP) is 4.03. The number of aryl methyl sites for hydroxylation is 1. The van der Waals surface area contributed by atoms with E-state index in [2.05, 4.69) is 0 Å². The van der Waals surface area contributed by atoms with Gasteiger partial charge in [0.2, 0.25) is 0 Å². The van der Waals surface area contributed by atoms with Crippen molar-refractivity contribution in [1.29, 1.82) is 0 Å². The minimum atomic E-state index is -3.72. The van der Waals surface area contributed by atoms with Gasteiger partial charge in [-0.3, -0.25) is 4.79 Å². The highest BCUT2D eigenvalue weighted by molar-refractivity contribution is 7.94. The molecule has 0 unspecified atom stereocenters. The summed E-state index contributed by atoms with van der Waals surface area (Å²) in [7, 11) is -3.72. The van der Waals surface area contributed by atoms with Gasteiger partial charge in [0, 0.05) is 16.5 Å². The van der Waals surface area contributed by atoms with Crippen LogP contribution in [0.5, 0.6) is 5.75 Å². The molecule has 0 bridgehead atoms. The number of benzene rings is 2. The van der Waals surface area contributed by atoms with Crippen LogP contribution < -0.4 is 0 Å². The lowest BCUT2D eigenvalue weighted by molar-refractivity contribution is -0.136. The van der Waals surface area contributed by atoms with Gasteiger partial charge in [-0.1, -0.05) is 24.3 Å². The highest BCUT2D eigenvalue weighted by Crippen LogP contribution is 2.26. The Labute approximate surface area is 162 Å². The Kier molecular flexibility index (Phi) is 5.37. The maximum atomic E-state index is 12.6. The van der Waals surface area contributed by atoms with Gasteiger partial charge in [0.15, 0.2) is 9.84 Å². The van der Waals surface area contributed by atoms with E-state index < -0.39 is 15.8 Å². The molecule has 0 fully saturated rings. The zero-order valence-corrected chi connectivity index (χ0v) is 15.8. The molecule has 1 aromatic heterocycles. The van der Waals surface area contributed by atoms with Crippen LogP contribution in [-0.4, -0.2) is 24.6 Å². The Hall–Kier alpha value is -3.32. The second-order valence-corrected chi connectivity index (χ2v) is 8.08. The Morgan fingerprint density at radius 3 is 2.54 bits per heavy atom. The maximum absolute atomic E-state index is 12.6. The Morgan fingerprint density at radius 1 is 1.11 bits per heavy atom. The molecular formula is C21H18O6S. The number of carboxylic acids is 1. The van der Waals surface area contributed by atoms with Crippen molar-refractivity contribution in [3.8, 4) is 17.1 Å². The van der Waals surface area contributed by atoms with Gasteiger partial charge in [0.05, 0.1) is 11.3 Å². The molecule has 7 heteroatoms. The number of aromatic hydroxyl groups is 1. The van der Waals surface area contributed by atoms with Crippen LogP contribution >= 0.6 is 0 Å². The molecule has 0 saturated heterocycles. The number of furan rings is 1. The van der Waals surface area contributed by atoms with Crippen LogP contribution in [0, 0.1) is 6.92 Å². The van der Waals surface area contributed by atoms with Crippen LogP contribution in [0.4, 0.5) is 0 Å². The number of carboxylic acid groups (broad SMARTS) is 1. The molecule has 28 heavy (non-hydrogen) atoms. The molecule has 3 rings (SSSR count). The van der Waals surface area contributed by atoms with E-state index in [9.17, 15) is 18.3 Å². The van der Waals surface area contributed by atoms with Gasteiger partial charge in [-0.05, 0) is 48.9 Å². The normalized spacial score (nSPS) is 11.8. The summed E-state index contributed by atoms with van der Waals surface area (Å²) in [5, 5.41) is 19.7. The molecule has 0 aliphatic rings. The van der Waals surface area contributed by atoms with Gasteiger partial charge in [-0.25, -0.2) is 8.42 Å². The number of hydrogen-bond acceptors (Lipinski definition) is 5. The number of hydrogen-bond donors (Lipinski definition) is 2. The van der Waals surface area contributed by atoms with E-state index in [0.29, 0.717) is 16.9 Å². The molecule has 2 N–H and O–H groups in total. The van der Waals surface area contributed by atoms with E-state index in [-0.39, 0.29) is 22.6 Å². The number of sulfone groups is 1. The lowest BCUT2D eigenvalue weighted by Gasteiger charge is -2.04. The van der Waals surface area contributed by atoms with Crippen molar-refractivity contribution in [2.75, 3.05) is 0 Å². The highest BCUT2D eigenvalue weighted by atomic mass is 32.2. The number of carbonyl (C=O) groups is 1. The van der Waals surface area contributed by atoms with E-state index in [0.717, 1.165) is 11.2 Å². The molecule has 1 heterocycles. The van der Waals surface area contributed by atoms with Gasteiger partial charge in [-0.2, -0.15) is 0 Å². The van der Waals surface area contributed by atoms with Crippen LogP contribution in [0.2, 0.25) is 0 Å². The summed E-state index contributed by atoms with van der Waals surface area (Å²) in [4.78, 5) is 10.9. The largest absolute Gasteiger partial charge is 0.508 e. The van der Waals surface area contributed by atoms with E-state index in [1.807, 2.05) is 6.92 Å². The van der Waals surface area contributed by atoms with Crippen molar-refractivity contribution >= 4 is 21.9 Å². The second-order valence-electron chi connectivity index (χ2n) is 6.24. The molecule has 0 aliphatic carbocycles. The molecule has 2 aromatic carbocycles. The first kappa shape index (κ1) is 19.4.